The van der Waals surface area contributed by atoms with Crippen LogP contribution in [0.25, 0.3) is 0 Å². The number of benzene rings is 2. The van der Waals surface area contributed by atoms with Crippen LogP contribution in [-0.4, -0.2) is 24.5 Å². The Morgan fingerprint density at radius 3 is 2.35 bits per heavy atom. The summed E-state index contributed by atoms with van der Waals surface area (Å²) in [5.41, 5.74) is 2.66. The van der Waals surface area contributed by atoms with E-state index < -0.39 is 6.04 Å². The molecule has 1 aliphatic heterocycles. The van der Waals surface area contributed by atoms with Gasteiger partial charge in [-0.2, -0.15) is 0 Å². The Morgan fingerprint density at radius 2 is 1.73 bits per heavy atom. The van der Waals surface area contributed by atoms with Crippen molar-refractivity contribution in [3.63, 3.8) is 0 Å². The van der Waals surface area contributed by atoms with Gasteiger partial charge >= 0.3 is 0 Å². The van der Waals surface area contributed by atoms with E-state index >= 15 is 0 Å². The van der Waals surface area contributed by atoms with E-state index in [-0.39, 0.29) is 18.2 Å². The molecular weight excluding hydrogens is 328 g/mol. The molecule has 5 heteroatoms. The van der Waals surface area contributed by atoms with Crippen molar-refractivity contribution in [1.29, 1.82) is 0 Å². The molecule has 2 aromatic rings. The van der Waals surface area contributed by atoms with Gasteiger partial charge in [-0.3, -0.25) is 9.59 Å². The molecule has 0 aromatic heterocycles. The topological polar surface area (TPSA) is 58.6 Å². The molecule has 2 amide bonds. The maximum Gasteiger partial charge on any atom is 0.256 e. The summed E-state index contributed by atoms with van der Waals surface area (Å²) in [5, 5.41) is 3.17. The molecule has 0 unspecified atom stereocenters. The molecule has 5 nitrogen and oxygen atoms in total. The number of carbonyl (C=O) groups is 2. The van der Waals surface area contributed by atoms with E-state index in [0.29, 0.717) is 12.3 Å². The number of amides is 2. The molecule has 1 heterocycles. The number of aryl methyl sites for hydroxylation is 1. The molecule has 2 aromatic carbocycles. The molecule has 0 spiro atoms. The van der Waals surface area contributed by atoms with Gasteiger partial charge in [-0.15, -0.1) is 0 Å². The van der Waals surface area contributed by atoms with Gasteiger partial charge in [0.2, 0.25) is 5.91 Å². The first kappa shape index (κ1) is 18.0. The van der Waals surface area contributed by atoms with Gasteiger partial charge in [0.05, 0.1) is 18.7 Å². The van der Waals surface area contributed by atoms with E-state index in [0.717, 1.165) is 24.3 Å². The van der Waals surface area contributed by atoms with Gasteiger partial charge in [0, 0.05) is 5.69 Å². The third kappa shape index (κ3) is 3.87. The molecule has 0 aliphatic carbocycles. The summed E-state index contributed by atoms with van der Waals surface area (Å²) >= 11 is 0. The second-order valence-corrected chi connectivity index (χ2v) is 6.36. The van der Waals surface area contributed by atoms with Gasteiger partial charge in [-0.25, -0.2) is 4.90 Å². The van der Waals surface area contributed by atoms with Crippen molar-refractivity contribution in [3.05, 3.63) is 54.1 Å². The lowest BCUT2D eigenvalue weighted by atomic mass is 10.1. The van der Waals surface area contributed by atoms with Gasteiger partial charge in [0.15, 0.2) is 0 Å². The Balaban J connectivity index is 1.69. The number of anilines is 2. The summed E-state index contributed by atoms with van der Waals surface area (Å²) in [6.45, 7) is 4.78. The minimum Gasteiger partial charge on any atom is -0.494 e. The molecule has 1 fully saturated rings. The second-order valence-electron chi connectivity index (χ2n) is 6.36. The van der Waals surface area contributed by atoms with Crippen LogP contribution in [0, 0.1) is 0 Å². The smallest absolute Gasteiger partial charge is 0.256 e. The summed E-state index contributed by atoms with van der Waals surface area (Å²) in [7, 11) is 0. The van der Waals surface area contributed by atoms with E-state index in [1.54, 1.807) is 24.3 Å². The third-order valence-electron chi connectivity index (χ3n) is 4.42. The van der Waals surface area contributed by atoms with Crippen LogP contribution < -0.4 is 15.0 Å². The number of ether oxygens (including phenoxy) is 1. The predicted molar refractivity (Wildman–Crippen MR) is 103 cm³/mol. The normalized spacial score (nSPS) is 16.8. The van der Waals surface area contributed by atoms with Gasteiger partial charge in [-0.1, -0.05) is 26.0 Å². The van der Waals surface area contributed by atoms with Crippen molar-refractivity contribution in [3.8, 4) is 5.75 Å². The molecule has 1 saturated heterocycles. The van der Waals surface area contributed by atoms with Crippen molar-refractivity contribution in [2.75, 3.05) is 16.8 Å². The zero-order valence-electron chi connectivity index (χ0n) is 15.2. The van der Waals surface area contributed by atoms with Crippen LogP contribution in [-0.2, 0) is 16.0 Å². The summed E-state index contributed by atoms with van der Waals surface area (Å²) in [5.74, 6) is 0.317. The first-order chi connectivity index (χ1) is 12.6. The number of imide groups is 1. The highest BCUT2D eigenvalue weighted by molar-refractivity contribution is 6.23. The number of rotatable bonds is 7. The molecule has 0 saturated carbocycles. The molecule has 136 valence electrons. The van der Waals surface area contributed by atoms with Crippen molar-refractivity contribution in [1.82, 2.24) is 0 Å². The Hall–Kier alpha value is -2.82. The highest BCUT2D eigenvalue weighted by Gasteiger charge is 2.39. The highest BCUT2D eigenvalue weighted by atomic mass is 16.5. The van der Waals surface area contributed by atoms with Crippen LogP contribution in [0.2, 0.25) is 0 Å². The van der Waals surface area contributed by atoms with E-state index in [2.05, 4.69) is 12.2 Å². The summed E-state index contributed by atoms with van der Waals surface area (Å²) < 4.78 is 5.54. The Kier molecular flexibility index (Phi) is 5.56. The fourth-order valence-electron chi connectivity index (χ4n) is 2.97. The fraction of sp³-hybridized carbons (Fsp3) is 0.333. The molecule has 3 rings (SSSR count). The first-order valence-corrected chi connectivity index (χ1v) is 9.07. The van der Waals surface area contributed by atoms with Crippen LogP contribution in [0.1, 0.15) is 32.3 Å². The van der Waals surface area contributed by atoms with E-state index in [1.807, 2.05) is 31.2 Å². The molecule has 1 aliphatic rings. The maximum atomic E-state index is 12.7. The van der Waals surface area contributed by atoms with Gasteiger partial charge in [0.25, 0.3) is 5.91 Å². The van der Waals surface area contributed by atoms with Gasteiger partial charge in [-0.05, 0) is 54.8 Å². The Morgan fingerprint density at radius 1 is 1.04 bits per heavy atom. The fourth-order valence-corrected chi connectivity index (χ4v) is 2.97. The van der Waals surface area contributed by atoms with Crippen molar-refractivity contribution in [2.45, 2.75) is 39.2 Å². The summed E-state index contributed by atoms with van der Waals surface area (Å²) in [4.78, 5) is 26.3. The van der Waals surface area contributed by atoms with Gasteiger partial charge in [0.1, 0.15) is 11.8 Å². The van der Waals surface area contributed by atoms with Crippen molar-refractivity contribution >= 4 is 23.2 Å². The lowest BCUT2D eigenvalue weighted by Crippen LogP contribution is -2.34. The van der Waals surface area contributed by atoms with Crippen LogP contribution >= 0.6 is 0 Å². The average molecular weight is 352 g/mol. The minimum atomic E-state index is -0.536. The van der Waals surface area contributed by atoms with Gasteiger partial charge < -0.3 is 10.1 Å². The molecular formula is C21H24N2O3. The van der Waals surface area contributed by atoms with E-state index in [4.69, 9.17) is 4.74 Å². The van der Waals surface area contributed by atoms with Crippen LogP contribution in [0.5, 0.6) is 5.75 Å². The Bertz CT molecular complexity index is 769. The summed E-state index contributed by atoms with van der Waals surface area (Å²) in [6, 6.07) is 14.5. The van der Waals surface area contributed by atoms with Crippen LogP contribution in [0.15, 0.2) is 48.5 Å². The monoisotopic (exact) mass is 352 g/mol. The highest BCUT2D eigenvalue weighted by Crippen LogP contribution is 2.27. The third-order valence-corrected chi connectivity index (χ3v) is 4.42. The van der Waals surface area contributed by atoms with Crippen LogP contribution in [0.3, 0.4) is 0 Å². The maximum absolute atomic E-state index is 12.7. The van der Waals surface area contributed by atoms with E-state index in [1.165, 1.54) is 10.5 Å². The largest absolute Gasteiger partial charge is 0.494 e. The lowest BCUT2D eigenvalue weighted by molar-refractivity contribution is -0.121. The first-order valence-electron chi connectivity index (χ1n) is 9.07. The average Bonchev–Trinajstić information content (AvgIpc) is 2.94. The zero-order valence-corrected chi connectivity index (χ0v) is 15.2. The number of hydrogen-bond acceptors (Lipinski definition) is 4. The second kappa shape index (κ2) is 8.04. The van der Waals surface area contributed by atoms with Crippen molar-refractivity contribution in [2.24, 2.45) is 0 Å². The quantitative estimate of drug-likeness (QED) is 0.771. The van der Waals surface area contributed by atoms with E-state index in [9.17, 15) is 9.59 Å². The summed E-state index contributed by atoms with van der Waals surface area (Å²) in [6.07, 6.45) is 2.05. The molecule has 0 radical (unpaired) electrons. The minimum absolute atomic E-state index is 0.155. The predicted octanol–water partition coefficient (Wildman–Crippen LogP) is 3.78. The van der Waals surface area contributed by atoms with Crippen molar-refractivity contribution < 1.29 is 14.3 Å². The van der Waals surface area contributed by atoms with Crippen LogP contribution in [0.4, 0.5) is 11.4 Å². The zero-order chi connectivity index (χ0) is 18.5. The SMILES string of the molecule is CCCOc1ccc(N2C(=O)C[C@H](Nc3ccc(CC)cc3)C2=O)cc1. The lowest BCUT2D eigenvalue weighted by Gasteiger charge is -2.16. The number of hydrogen-bond donors (Lipinski definition) is 1. The Labute approximate surface area is 154 Å². The molecule has 26 heavy (non-hydrogen) atoms. The standard InChI is InChI=1S/C21H24N2O3/c1-3-13-26-18-11-9-17(10-12-18)23-20(24)14-19(21(23)25)22-16-7-5-15(4-2)6-8-16/h5-12,19,22H,3-4,13-14H2,1-2H3/t19-/m0/s1. The molecule has 1 atom stereocenters. The number of nitrogens with zero attached hydrogens (tertiary/aromatic N) is 1. The molecule has 1 N–H and O–H groups in total. The molecule has 0 bridgehead atoms. The number of nitrogens with one attached hydrogen (secondary N) is 1. The number of carbonyl (C=O) groups excluding carboxylic acids is 2.